The van der Waals surface area contributed by atoms with E-state index in [2.05, 4.69) is 70.2 Å². The number of hydrogen-bond acceptors (Lipinski definition) is 6. The van der Waals surface area contributed by atoms with Crippen LogP contribution in [0.5, 0.6) is 11.5 Å². The van der Waals surface area contributed by atoms with Crippen molar-refractivity contribution in [3.05, 3.63) is 163 Å². The van der Waals surface area contributed by atoms with Crippen molar-refractivity contribution in [3.8, 4) is 11.5 Å². The van der Waals surface area contributed by atoms with E-state index in [1.54, 1.807) is 44.6 Å². The number of hydrogen-bond donors (Lipinski definition) is 0. The summed E-state index contributed by atoms with van der Waals surface area (Å²) in [6.07, 6.45) is 3.52. The fraction of sp³-hybridized carbons (Fsp3) is 0.250. The van der Waals surface area contributed by atoms with E-state index in [1.807, 2.05) is 78.9 Å². The summed E-state index contributed by atoms with van der Waals surface area (Å²) in [5, 5.41) is 0. The Hall–Kier alpha value is -4.40. The fourth-order valence-corrected chi connectivity index (χ4v) is 3.90. The van der Waals surface area contributed by atoms with Crippen LogP contribution >= 0.6 is 0 Å². The van der Waals surface area contributed by atoms with Crippen molar-refractivity contribution in [1.82, 2.24) is 0 Å². The van der Waals surface area contributed by atoms with E-state index in [4.69, 9.17) is 9.47 Å². The lowest BCUT2D eigenvalue weighted by Crippen LogP contribution is -2.10. The van der Waals surface area contributed by atoms with Gasteiger partial charge in [0.1, 0.15) is 21.3 Å². The van der Waals surface area contributed by atoms with Crippen LogP contribution in [0.1, 0.15) is 31.9 Å². The lowest BCUT2D eigenvalue weighted by Gasteiger charge is -2.18. The maximum Gasteiger partial charge on any atom is 0.175 e. The van der Waals surface area contributed by atoms with Gasteiger partial charge in [0.15, 0.2) is 9.84 Å². The standard InChI is InChI=1S/C10H14.C7H8O2S.2C7H8O.C7H8.C2H6O2S/c1-10(2,3)9-7-5-4-6-8-9;1-10(8,9)7-5-3-2-4-6-7;2*1-8-7-5-3-2-4-6-7;1-7-5-3-2-4-6-7;1-5(2,3)4/h4-8H,1-3H3;2-6H,1H3;2*2-6H,1H3;2-6H,1H3;1-2H3. The molecule has 0 aliphatic rings. The number of methoxy groups -OCH3 is 2. The van der Waals surface area contributed by atoms with Gasteiger partial charge in [-0.15, -0.1) is 0 Å². The summed E-state index contributed by atoms with van der Waals surface area (Å²) in [5.74, 6) is 1.82. The third kappa shape index (κ3) is 25.8. The number of aryl methyl sites for hydroxylation is 1. The highest BCUT2D eigenvalue weighted by Crippen LogP contribution is 2.20. The normalized spacial score (nSPS) is 10.1. The van der Waals surface area contributed by atoms with Crippen LogP contribution in [0.3, 0.4) is 0 Å². The number of ether oxygens (including phenoxy) is 2. The molecule has 0 heterocycles. The summed E-state index contributed by atoms with van der Waals surface area (Å²) in [4.78, 5) is 0.370. The maximum absolute atomic E-state index is 10.8. The largest absolute Gasteiger partial charge is 0.497 e. The monoisotopic (exact) mass is 692 g/mol. The Morgan fingerprint density at radius 3 is 0.896 bits per heavy atom. The van der Waals surface area contributed by atoms with Crippen LogP contribution in [0, 0.1) is 6.92 Å². The quantitative estimate of drug-likeness (QED) is 0.188. The Kier molecular flexibility index (Phi) is 21.7. The molecule has 0 atom stereocenters. The first-order chi connectivity index (χ1) is 22.5. The highest BCUT2D eigenvalue weighted by molar-refractivity contribution is 7.90. The summed E-state index contributed by atoms with van der Waals surface area (Å²) >= 11 is 0. The van der Waals surface area contributed by atoms with Gasteiger partial charge in [-0.1, -0.05) is 142 Å². The van der Waals surface area contributed by atoms with Gasteiger partial charge in [0, 0.05) is 18.8 Å². The van der Waals surface area contributed by atoms with E-state index >= 15 is 0 Å². The van der Waals surface area contributed by atoms with Crippen LogP contribution in [-0.4, -0.2) is 49.8 Å². The first kappa shape index (κ1) is 43.6. The van der Waals surface area contributed by atoms with Crippen LogP contribution in [0.2, 0.25) is 0 Å². The predicted octanol–water partition coefficient (Wildman–Crippen LogP) is 9.12. The molecule has 5 aromatic rings. The number of benzene rings is 5. The molecule has 0 saturated carbocycles. The molecule has 0 unspecified atom stereocenters. The summed E-state index contributed by atoms with van der Waals surface area (Å²) < 4.78 is 50.8. The van der Waals surface area contributed by atoms with Gasteiger partial charge in [-0.25, -0.2) is 16.8 Å². The first-order valence-corrected chi connectivity index (χ1v) is 19.3. The zero-order valence-electron chi connectivity index (χ0n) is 29.7. The van der Waals surface area contributed by atoms with Crippen molar-refractivity contribution < 1.29 is 26.3 Å². The number of rotatable bonds is 3. The molecular weight excluding hydrogens is 641 g/mol. The zero-order valence-corrected chi connectivity index (χ0v) is 31.3. The third-order valence-corrected chi connectivity index (χ3v) is 6.84. The second kappa shape index (κ2) is 23.8. The van der Waals surface area contributed by atoms with Gasteiger partial charge in [-0.05, 0) is 54.3 Å². The summed E-state index contributed by atoms with van der Waals surface area (Å²) in [6, 6.07) is 48.5. The predicted molar refractivity (Wildman–Crippen MR) is 203 cm³/mol. The van der Waals surface area contributed by atoms with Gasteiger partial charge < -0.3 is 9.47 Å². The third-order valence-electron chi connectivity index (χ3n) is 5.71. The molecule has 5 rings (SSSR count). The van der Waals surface area contributed by atoms with Crippen LogP contribution < -0.4 is 9.47 Å². The van der Waals surface area contributed by atoms with Crippen molar-refractivity contribution in [1.29, 1.82) is 0 Å². The lowest BCUT2D eigenvalue weighted by molar-refractivity contribution is 0.414. The second-order valence-corrected chi connectivity index (χ2v) is 15.8. The Balaban J connectivity index is 0.000000559. The van der Waals surface area contributed by atoms with Crippen molar-refractivity contribution in [3.63, 3.8) is 0 Å². The molecular formula is C40H52O6S2. The average Bonchev–Trinajstić information content (AvgIpc) is 3.06. The van der Waals surface area contributed by atoms with E-state index < -0.39 is 19.7 Å². The first-order valence-electron chi connectivity index (χ1n) is 15.1. The summed E-state index contributed by atoms with van der Waals surface area (Å²) in [5.41, 5.74) is 3.01. The summed E-state index contributed by atoms with van der Waals surface area (Å²) in [6.45, 7) is 8.76. The highest BCUT2D eigenvalue weighted by Gasteiger charge is 2.11. The van der Waals surface area contributed by atoms with E-state index in [0.717, 1.165) is 24.0 Å². The van der Waals surface area contributed by atoms with Gasteiger partial charge in [0.25, 0.3) is 0 Å². The van der Waals surface area contributed by atoms with Gasteiger partial charge >= 0.3 is 0 Å². The van der Waals surface area contributed by atoms with E-state index in [9.17, 15) is 16.8 Å². The minimum Gasteiger partial charge on any atom is -0.497 e. The molecule has 0 spiro atoms. The SMILES string of the molecule is CC(C)(C)c1ccccc1.COc1ccccc1.COc1ccccc1.CS(=O)(=O)c1ccccc1.CS(C)(=O)=O.Cc1ccccc1. The van der Waals surface area contributed by atoms with Crippen molar-refractivity contribution in [2.75, 3.05) is 33.0 Å². The maximum atomic E-state index is 10.8. The molecule has 0 aliphatic heterocycles. The van der Waals surface area contributed by atoms with Gasteiger partial charge in [-0.2, -0.15) is 0 Å². The molecule has 8 heteroatoms. The molecule has 6 nitrogen and oxygen atoms in total. The van der Waals surface area contributed by atoms with Crippen molar-refractivity contribution in [2.45, 2.75) is 38.0 Å². The van der Waals surface area contributed by atoms with E-state index in [1.165, 1.54) is 17.4 Å². The van der Waals surface area contributed by atoms with Gasteiger partial charge in [0.2, 0.25) is 0 Å². The molecule has 260 valence electrons. The molecule has 48 heavy (non-hydrogen) atoms. The molecule has 0 bridgehead atoms. The molecule has 0 saturated heterocycles. The lowest BCUT2D eigenvalue weighted by atomic mass is 9.87. The molecule has 0 aliphatic carbocycles. The van der Waals surface area contributed by atoms with Gasteiger partial charge in [0.05, 0.1) is 19.1 Å². The van der Waals surface area contributed by atoms with Crippen LogP contribution in [0.15, 0.2) is 157 Å². The highest BCUT2D eigenvalue weighted by atomic mass is 32.2. The average molecular weight is 693 g/mol. The minimum atomic E-state index is -3.00. The molecule has 0 radical (unpaired) electrons. The number of para-hydroxylation sites is 2. The second-order valence-electron chi connectivity index (χ2n) is 11.5. The van der Waals surface area contributed by atoms with E-state index in [0.29, 0.717) is 10.3 Å². The Bertz CT molecular complexity index is 1640. The summed E-state index contributed by atoms with van der Waals surface area (Å²) in [7, 11) is -2.35. The smallest absolute Gasteiger partial charge is 0.175 e. The fourth-order valence-electron chi connectivity index (χ4n) is 3.25. The van der Waals surface area contributed by atoms with Crippen LogP contribution in [-0.2, 0) is 25.1 Å². The van der Waals surface area contributed by atoms with Crippen LogP contribution in [0.25, 0.3) is 0 Å². The Labute approximate surface area is 290 Å². The van der Waals surface area contributed by atoms with Crippen molar-refractivity contribution >= 4 is 19.7 Å². The molecule has 0 amide bonds. The van der Waals surface area contributed by atoms with Crippen molar-refractivity contribution in [2.24, 2.45) is 0 Å². The topological polar surface area (TPSA) is 86.7 Å². The molecule has 0 N–H and O–H groups in total. The van der Waals surface area contributed by atoms with Gasteiger partial charge in [-0.3, -0.25) is 0 Å². The Morgan fingerprint density at radius 2 is 0.729 bits per heavy atom. The molecule has 0 aromatic heterocycles. The van der Waals surface area contributed by atoms with Crippen LogP contribution in [0.4, 0.5) is 0 Å². The minimum absolute atomic E-state index is 0.293. The Morgan fingerprint density at radius 1 is 0.458 bits per heavy atom. The zero-order chi connectivity index (χ0) is 36.5. The number of sulfone groups is 2. The molecule has 0 fully saturated rings. The van der Waals surface area contributed by atoms with E-state index in [-0.39, 0.29) is 0 Å². The molecule has 5 aromatic carbocycles.